The number of carbonyl (C=O) groups is 1. The van der Waals surface area contributed by atoms with Crippen LogP contribution in [-0.4, -0.2) is 20.4 Å². The highest BCUT2D eigenvalue weighted by atomic mass is 19.4. The van der Waals surface area contributed by atoms with Crippen LogP contribution >= 0.6 is 0 Å². The number of alkyl halides is 3. The number of nitrogens with two attached hydrogens (primary N) is 1. The number of nitrogens with one attached hydrogen (secondary N) is 2. The van der Waals surface area contributed by atoms with Gasteiger partial charge < -0.3 is 16.4 Å². The first kappa shape index (κ1) is 19.2. The molecule has 2 heterocycles. The largest absolute Gasteiger partial charge is 0.416 e. The smallest absolute Gasteiger partial charge is 0.381 e. The SMILES string of the molecule is Nc1nccn2c(-c3cccc(NC(=O)Nc4ccc(C(F)(F)F)cc4)c3)cnc12. The summed E-state index contributed by atoms with van der Waals surface area (Å²) in [5.74, 6) is 0.300. The van der Waals surface area contributed by atoms with E-state index in [1.807, 2.05) is 6.07 Å². The van der Waals surface area contributed by atoms with E-state index in [1.165, 1.54) is 12.1 Å². The van der Waals surface area contributed by atoms with Gasteiger partial charge in [0.1, 0.15) is 0 Å². The molecule has 4 N–H and O–H groups in total. The number of anilines is 3. The Kier molecular flexibility index (Phi) is 4.74. The number of hydrogen-bond donors (Lipinski definition) is 3. The van der Waals surface area contributed by atoms with Crippen LogP contribution in [0.5, 0.6) is 0 Å². The predicted octanol–water partition coefficient (Wildman–Crippen LogP) is 4.64. The van der Waals surface area contributed by atoms with E-state index >= 15 is 0 Å². The van der Waals surface area contributed by atoms with E-state index in [4.69, 9.17) is 5.73 Å². The van der Waals surface area contributed by atoms with Crippen LogP contribution in [0.4, 0.5) is 35.2 Å². The van der Waals surface area contributed by atoms with Gasteiger partial charge in [0.25, 0.3) is 0 Å². The lowest BCUT2D eigenvalue weighted by atomic mass is 10.1. The maximum absolute atomic E-state index is 12.6. The van der Waals surface area contributed by atoms with Gasteiger partial charge in [-0.2, -0.15) is 13.2 Å². The van der Waals surface area contributed by atoms with Crippen molar-refractivity contribution in [1.82, 2.24) is 14.4 Å². The molecule has 0 unspecified atom stereocenters. The third kappa shape index (κ3) is 3.88. The van der Waals surface area contributed by atoms with Gasteiger partial charge in [0.05, 0.1) is 17.5 Å². The van der Waals surface area contributed by atoms with E-state index in [2.05, 4.69) is 20.6 Å². The molecule has 0 saturated heterocycles. The van der Waals surface area contributed by atoms with Crippen molar-refractivity contribution in [3.8, 4) is 11.3 Å². The molecule has 0 aliphatic heterocycles. The van der Waals surface area contributed by atoms with Crippen LogP contribution in [-0.2, 0) is 6.18 Å². The van der Waals surface area contributed by atoms with E-state index in [0.717, 1.165) is 23.4 Å². The minimum absolute atomic E-state index is 0.237. The number of amides is 2. The molecule has 2 amide bonds. The van der Waals surface area contributed by atoms with Crippen LogP contribution in [0.25, 0.3) is 16.9 Å². The number of nitrogen functional groups attached to an aromatic ring is 1. The zero-order chi connectivity index (χ0) is 21.3. The molecule has 0 radical (unpaired) electrons. The van der Waals surface area contributed by atoms with E-state index in [0.29, 0.717) is 17.2 Å². The number of rotatable bonds is 3. The predicted molar refractivity (Wildman–Crippen MR) is 107 cm³/mol. The minimum atomic E-state index is -4.43. The summed E-state index contributed by atoms with van der Waals surface area (Å²) in [4.78, 5) is 20.5. The summed E-state index contributed by atoms with van der Waals surface area (Å²) in [5, 5.41) is 5.16. The number of nitrogens with zero attached hydrogens (tertiary/aromatic N) is 3. The molecule has 10 heteroatoms. The molecule has 2 aromatic heterocycles. The summed E-state index contributed by atoms with van der Waals surface area (Å²) >= 11 is 0. The van der Waals surface area contributed by atoms with Crippen molar-refractivity contribution in [3.63, 3.8) is 0 Å². The Hall–Kier alpha value is -4.08. The first-order valence-corrected chi connectivity index (χ1v) is 8.74. The van der Waals surface area contributed by atoms with E-state index in [1.54, 1.807) is 41.2 Å². The third-order valence-corrected chi connectivity index (χ3v) is 4.34. The molecule has 0 atom stereocenters. The first-order chi connectivity index (χ1) is 14.3. The van der Waals surface area contributed by atoms with Crippen molar-refractivity contribution < 1.29 is 18.0 Å². The molecule has 0 fully saturated rings. The number of fused-ring (bicyclic) bond motifs is 1. The fraction of sp³-hybridized carbons (Fsp3) is 0.0500. The van der Waals surface area contributed by atoms with E-state index in [9.17, 15) is 18.0 Å². The van der Waals surface area contributed by atoms with Crippen LogP contribution in [0.15, 0.2) is 67.1 Å². The zero-order valence-electron chi connectivity index (χ0n) is 15.3. The quantitative estimate of drug-likeness (QED) is 0.457. The average Bonchev–Trinajstić information content (AvgIpc) is 3.13. The van der Waals surface area contributed by atoms with Crippen molar-refractivity contribution in [2.24, 2.45) is 0 Å². The normalized spacial score (nSPS) is 11.4. The highest BCUT2D eigenvalue weighted by molar-refractivity contribution is 6.00. The van der Waals surface area contributed by atoms with Gasteiger partial charge in [-0.15, -0.1) is 0 Å². The molecule has 152 valence electrons. The summed E-state index contributed by atoms with van der Waals surface area (Å²) in [7, 11) is 0. The number of hydrogen-bond acceptors (Lipinski definition) is 4. The second kappa shape index (κ2) is 7.39. The maximum Gasteiger partial charge on any atom is 0.416 e. The molecule has 0 aliphatic carbocycles. The van der Waals surface area contributed by atoms with Gasteiger partial charge in [-0.25, -0.2) is 14.8 Å². The van der Waals surface area contributed by atoms with Gasteiger partial charge in [-0.1, -0.05) is 12.1 Å². The van der Waals surface area contributed by atoms with Gasteiger partial charge in [0.2, 0.25) is 0 Å². The lowest BCUT2D eigenvalue weighted by Crippen LogP contribution is -2.19. The van der Waals surface area contributed by atoms with E-state index in [-0.39, 0.29) is 5.69 Å². The van der Waals surface area contributed by atoms with Gasteiger partial charge in [0, 0.05) is 29.3 Å². The Bertz CT molecular complexity index is 1220. The highest BCUT2D eigenvalue weighted by Gasteiger charge is 2.30. The molecule has 0 spiro atoms. The molecule has 7 nitrogen and oxygen atoms in total. The average molecular weight is 412 g/mol. The zero-order valence-corrected chi connectivity index (χ0v) is 15.3. The molecule has 0 saturated carbocycles. The molecule has 0 aliphatic rings. The van der Waals surface area contributed by atoms with Crippen molar-refractivity contribution in [3.05, 3.63) is 72.7 Å². The Morgan fingerprint density at radius 3 is 2.47 bits per heavy atom. The number of urea groups is 1. The first-order valence-electron chi connectivity index (χ1n) is 8.74. The summed E-state index contributed by atoms with van der Waals surface area (Å²) in [6.07, 6.45) is 0.507. The lowest BCUT2D eigenvalue weighted by molar-refractivity contribution is -0.137. The minimum Gasteiger partial charge on any atom is -0.381 e. The second-order valence-corrected chi connectivity index (χ2v) is 6.38. The summed E-state index contributed by atoms with van der Waals surface area (Å²) in [6.45, 7) is 0. The molecule has 4 aromatic rings. The van der Waals surface area contributed by atoms with Crippen LogP contribution in [0.3, 0.4) is 0 Å². The Balaban J connectivity index is 1.50. The van der Waals surface area contributed by atoms with Gasteiger partial charge in [-0.3, -0.25) is 4.40 Å². The number of halogens is 3. The summed E-state index contributed by atoms with van der Waals surface area (Å²) < 4.78 is 39.7. The number of imidazole rings is 1. The van der Waals surface area contributed by atoms with Crippen molar-refractivity contribution in [2.45, 2.75) is 6.18 Å². The Morgan fingerprint density at radius 2 is 1.73 bits per heavy atom. The Morgan fingerprint density at radius 1 is 1.00 bits per heavy atom. The van der Waals surface area contributed by atoms with Crippen molar-refractivity contribution >= 4 is 28.9 Å². The molecular weight excluding hydrogens is 397 g/mol. The topological polar surface area (TPSA) is 97.3 Å². The fourth-order valence-corrected chi connectivity index (χ4v) is 2.95. The van der Waals surface area contributed by atoms with Gasteiger partial charge >= 0.3 is 12.2 Å². The number of aromatic nitrogens is 3. The molecular formula is C20H15F3N6O. The summed E-state index contributed by atoms with van der Waals surface area (Å²) in [6, 6.07) is 10.6. The van der Waals surface area contributed by atoms with E-state index < -0.39 is 17.8 Å². The number of benzene rings is 2. The maximum atomic E-state index is 12.6. The van der Waals surface area contributed by atoms with Gasteiger partial charge in [-0.05, 0) is 36.4 Å². The highest BCUT2D eigenvalue weighted by Crippen LogP contribution is 2.30. The van der Waals surface area contributed by atoms with Gasteiger partial charge in [0.15, 0.2) is 11.5 Å². The van der Waals surface area contributed by atoms with Crippen LogP contribution in [0.2, 0.25) is 0 Å². The van der Waals surface area contributed by atoms with Crippen molar-refractivity contribution in [1.29, 1.82) is 0 Å². The lowest BCUT2D eigenvalue weighted by Gasteiger charge is -2.11. The van der Waals surface area contributed by atoms with Crippen LogP contribution in [0.1, 0.15) is 5.56 Å². The number of carbonyl (C=O) groups excluding carboxylic acids is 1. The summed E-state index contributed by atoms with van der Waals surface area (Å²) in [5.41, 5.74) is 7.83. The molecule has 2 aromatic carbocycles. The third-order valence-electron chi connectivity index (χ3n) is 4.34. The molecule has 30 heavy (non-hydrogen) atoms. The Labute approximate surface area is 168 Å². The fourth-order valence-electron chi connectivity index (χ4n) is 2.95. The second-order valence-electron chi connectivity index (χ2n) is 6.38. The van der Waals surface area contributed by atoms with Crippen LogP contribution < -0.4 is 16.4 Å². The van der Waals surface area contributed by atoms with Crippen molar-refractivity contribution in [2.75, 3.05) is 16.4 Å². The monoisotopic (exact) mass is 412 g/mol. The molecule has 4 rings (SSSR count). The molecule has 0 bridgehead atoms. The van der Waals surface area contributed by atoms with Crippen LogP contribution in [0, 0.1) is 0 Å². The standard InChI is InChI=1S/C20H15F3N6O/c21-20(22,23)13-4-6-14(7-5-13)27-19(30)28-15-3-1-2-12(10-15)16-11-26-18-17(24)25-8-9-29(16)18/h1-11H,(H2,24,25)(H2,27,28,30).